The summed E-state index contributed by atoms with van der Waals surface area (Å²) < 4.78 is 14.8. The number of nitrogens with zero attached hydrogens (tertiary/aromatic N) is 6. The van der Waals surface area contributed by atoms with Crippen LogP contribution >= 0.6 is 0 Å². The molecule has 0 aliphatic carbocycles. The van der Waals surface area contributed by atoms with Gasteiger partial charge in [-0.1, -0.05) is 17.3 Å². The molecule has 10 nitrogen and oxygen atoms in total. The third kappa shape index (κ3) is 6.87. The molecule has 3 N–H and O–H groups in total. The molecule has 2 aromatic carbocycles. The molecular weight excluding hydrogens is 485 g/mol. The number of nitrogens with one attached hydrogen (secondary N) is 3. The SMILES string of the molecule is C[C@H](CCN1CCC[C@@H](Cc2ccc(F)cc2)C1)N=C([O-])Nc1cc(N2C=CNN2)cc(-n2ccnn2)c1. The first-order valence-corrected chi connectivity index (χ1v) is 13.0. The van der Waals surface area contributed by atoms with Crippen molar-refractivity contribution < 1.29 is 9.50 Å². The molecule has 0 amide bonds. The molecule has 3 heterocycles. The van der Waals surface area contributed by atoms with Crippen LogP contribution in [0.5, 0.6) is 0 Å². The highest BCUT2D eigenvalue weighted by atomic mass is 19.1. The van der Waals surface area contributed by atoms with Crippen LogP contribution in [0.1, 0.15) is 31.7 Å². The highest BCUT2D eigenvalue weighted by Gasteiger charge is 2.20. The summed E-state index contributed by atoms with van der Waals surface area (Å²) in [6.45, 7) is 4.94. The second-order valence-corrected chi connectivity index (χ2v) is 9.86. The molecule has 11 heteroatoms. The van der Waals surface area contributed by atoms with Crippen LogP contribution in [0.3, 0.4) is 0 Å². The summed E-state index contributed by atoms with van der Waals surface area (Å²) >= 11 is 0. The molecule has 1 aromatic heterocycles. The number of rotatable bonds is 9. The predicted molar refractivity (Wildman–Crippen MR) is 144 cm³/mol. The number of likely N-dealkylation sites (tertiary alicyclic amines) is 1. The zero-order valence-electron chi connectivity index (χ0n) is 21.4. The lowest BCUT2D eigenvalue weighted by Gasteiger charge is -2.33. The number of halogens is 1. The molecule has 0 saturated carbocycles. The fraction of sp³-hybridized carbons (Fsp3) is 0.370. The molecule has 38 heavy (non-hydrogen) atoms. The third-order valence-corrected chi connectivity index (χ3v) is 6.85. The number of hydrogen-bond donors (Lipinski definition) is 3. The summed E-state index contributed by atoms with van der Waals surface area (Å²) in [4.78, 5) is 6.83. The number of benzene rings is 2. The fourth-order valence-corrected chi connectivity index (χ4v) is 4.96. The van der Waals surface area contributed by atoms with Crippen LogP contribution < -0.4 is 26.4 Å². The summed E-state index contributed by atoms with van der Waals surface area (Å²) in [7, 11) is 0. The van der Waals surface area contributed by atoms with Crippen molar-refractivity contribution in [1.29, 1.82) is 0 Å². The predicted octanol–water partition coefficient (Wildman–Crippen LogP) is 2.57. The lowest BCUT2D eigenvalue weighted by molar-refractivity contribution is -0.215. The Bertz CT molecular complexity index is 1250. The molecule has 2 aliphatic heterocycles. The van der Waals surface area contributed by atoms with Crippen LogP contribution in [-0.4, -0.2) is 51.6 Å². The molecular formula is C27H33FN9O-. The Morgan fingerprint density at radius 1 is 1.24 bits per heavy atom. The number of piperidine rings is 1. The Hall–Kier alpha value is -3.96. The summed E-state index contributed by atoms with van der Waals surface area (Å²) in [6.07, 6.45) is 11.1. The minimum absolute atomic E-state index is 0.113. The van der Waals surface area contributed by atoms with Crippen molar-refractivity contribution in [2.24, 2.45) is 10.9 Å². The van der Waals surface area contributed by atoms with Gasteiger partial charge >= 0.3 is 0 Å². The second-order valence-electron chi connectivity index (χ2n) is 9.86. The van der Waals surface area contributed by atoms with Gasteiger partial charge in [0.2, 0.25) is 0 Å². The molecule has 0 radical (unpaired) electrons. The number of aliphatic imine (C=N–C) groups is 1. The molecule has 1 fully saturated rings. The van der Waals surface area contributed by atoms with E-state index in [0.717, 1.165) is 50.3 Å². The van der Waals surface area contributed by atoms with Gasteiger partial charge in [0.15, 0.2) is 0 Å². The largest absolute Gasteiger partial charge is 0.846 e. The molecule has 1 saturated heterocycles. The van der Waals surface area contributed by atoms with Crippen LogP contribution in [-0.2, 0) is 6.42 Å². The Morgan fingerprint density at radius 3 is 2.84 bits per heavy atom. The zero-order valence-corrected chi connectivity index (χ0v) is 21.4. The first-order valence-electron chi connectivity index (χ1n) is 13.0. The lowest BCUT2D eigenvalue weighted by atomic mass is 9.91. The Kier molecular flexibility index (Phi) is 8.15. The number of anilines is 2. The Labute approximate surface area is 221 Å². The average Bonchev–Trinajstić information content (AvgIpc) is 3.64. The van der Waals surface area contributed by atoms with Gasteiger partial charge in [-0.3, -0.25) is 10.0 Å². The summed E-state index contributed by atoms with van der Waals surface area (Å²) in [5, 5.41) is 25.4. The number of hydrogen-bond acceptors (Lipinski definition) is 8. The normalized spacial score (nSPS) is 18.9. The van der Waals surface area contributed by atoms with Gasteiger partial charge in [-0.25, -0.2) is 9.07 Å². The van der Waals surface area contributed by atoms with Crippen molar-refractivity contribution in [3.05, 3.63) is 78.6 Å². The molecule has 0 bridgehead atoms. The van der Waals surface area contributed by atoms with Crippen molar-refractivity contribution in [3.63, 3.8) is 0 Å². The van der Waals surface area contributed by atoms with Gasteiger partial charge in [-0.05, 0) is 81.0 Å². The maximum Gasteiger partial charge on any atom is 0.123 e. The van der Waals surface area contributed by atoms with E-state index in [1.807, 2.05) is 43.5 Å². The van der Waals surface area contributed by atoms with Gasteiger partial charge in [0.1, 0.15) is 5.82 Å². The highest BCUT2D eigenvalue weighted by molar-refractivity contribution is 5.87. The van der Waals surface area contributed by atoms with Crippen LogP contribution in [0.15, 0.2) is 72.3 Å². The maximum atomic E-state index is 13.2. The second kappa shape index (κ2) is 12.1. The molecule has 0 spiro atoms. The minimum Gasteiger partial charge on any atom is -0.846 e. The topological polar surface area (TPSA) is 109 Å². The highest BCUT2D eigenvalue weighted by Crippen LogP contribution is 2.25. The zero-order chi connectivity index (χ0) is 26.3. The maximum absolute atomic E-state index is 13.2. The number of hydrazine groups is 2. The van der Waals surface area contributed by atoms with Crippen molar-refractivity contribution in [3.8, 4) is 5.69 Å². The van der Waals surface area contributed by atoms with E-state index < -0.39 is 0 Å². The van der Waals surface area contributed by atoms with Gasteiger partial charge in [-0.15, -0.1) is 10.6 Å². The monoisotopic (exact) mass is 518 g/mol. The van der Waals surface area contributed by atoms with Gasteiger partial charge in [0.25, 0.3) is 0 Å². The summed E-state index contributed by atoms with van der Waals surface area (Å²) in [5.41, 5.74) is 9.26. The quantitative estimate of drug-likeness (QED) is 0.293. The first-order chi connectivity index (χ1) is 18.5. The summed E-state index contributed by atoms with van der Waals surface area (Å²) in [5.74, 6) is 0.369. The molecule has 2 aliphatic rings. The van der Waals surface area contributed by atoms with Crippen molar-refractivity contribution >= 4 is 17.4 Å². The Balaban J connectivity index is 1.16. The van der Waals surface area contributed by atoms with E-state index in [4.69, 9.17) is 0 Å². The van der Waals surface area contributed by atoms with E-state index in [-0.39, 0.29) is 17.9 Å². The molecule has 5 rings (SSSR count). The number of amidine groups is 1. The van der Waals surface area contributed by atoms with Crippen LogP contribution in [0.25, 0.3) is 5.69 Å². The van der Waals surface area contributed by atoms with E-state index in [9.17, 15) is 9.50 Å². The standard InChI is InChI=1S/C27H34FN9O/c1-20(8-12-35-11-2-3-22(19-35)15-21-4-6-23(28)7-5-21)31-27(38)32-24-16-25(36-13-9-29-33-36)18-26(17-24)37-14-10-30-34-37/h4-7,9-10,13-14,16-18,20,22,29,33H,2-3,8,11-12,15,19H2,1H3,(H2,31,32,38)/p-1/t20-,22+/m1/s1. The van der Waals surface area contributed by atoms with E-state index in [2.05, 4.69) is 36.5 Å². The van der Waals surface area contributed by atoms with Crippen molar-refractivity contribution in [2.75, 3.05) is 30.0 Å². The molecule has 0 unspecified atom stereocenters. The number of aromatic nitrogens is 3. The van der Waals surface area contributed by atoms with Crippen molar-refractivity contribution in [2.45, 2.75) is 38.6 Å². The smallest absolute Gasteiger partial charge is 0.123 e. The van der Waals surface area contributed by atoms with Gasteiger partial charge in [0.05, 0.1) is 29.8 Å². The van der Waals surface area contributed by atoms with E-state index >= 15 is 0 Å². The van der Waals surface area contributed by atoms with E-state index in [0.29, 0.717) is 11.6 Å². The third-order valence-electron chi connectivity index (χ3n) is 6.85. The van der Waals surface area contributed by atoms with E-state index in [1.165, 1.54) is 24.1 Å². The van der Waals surface area contributed by atoms with Gasteiger partial charge < -0.3 is 20.7 Å². The van der Waals surface area contributed by atoms with Gasteiger partial charge in [-0.2, -0.15) is 0 Å². The van der Waals surface area contributed by atoms with Crippen LogP contribution in [0.2, 0.25) is 0 Å². The Morgan fingerprint density at radius 2 is 2.08 bits per heavy atom. The molecule has 200 valence electrons. The lowest BCUT2D eigenvalue weighted by Crippen LogP contribution is -2.38. The van der Waals surface area contributed by atoms with Gasteiger partial charge in [0, 0.05) is 37.2 Å². The van der Waals surface area contributed by atoms with Crippen molar-refractivity contribution in [1.82, 2.24) is 30.9 Å². The summed E-state index contributed by atoms with van der Waals surface area (Å²) in [6, 6.07) is 12.0. The minimum atomic E-state index is -0.380. The molecule has 2 atom stereocenters. The first kappa shape index (κ1) is 25.7. The molecule has 3 aromatic rings. The van der Waals surface area contributed by atoms with Crippen LogP contribution in [0.4, 0.5) is 15.8 Å². The fourth-order valence-electron chi connectivity index (χ4n) is 4.96. The van der Waals surface area contributed by atoms with E-state index in [1.54, 1.807) is 28.3 Å². The average molecular weight is 519 g/mol. The van der Waals surface area contributed by atoms with Crippen LogP contribution in [0, 0.1) is 11.7 Å².